The molecule has 1 aliphatic rings. The van der Waals surface area contributed by atoms with Crippen LogP contribution in [-0.4, -0.2) is 39.8 Å². The van der Waals surface area contributed by atoms with Crippen molar-refractivity contribution in [2.45, 2.75) is 52.4 Å². The summed E-state index contributed by atoms with van der Waals surface area (Å²) in [5, 5.41) is 14.5. The second-order valence-corrected chi connectivity index (χ2v) is 6.89. The highest BCUT2D eigenvalue weighted by Gasteiger charge is 2.52. The van der Waals surface area contributed by atoms with Crippen LogP contribution >= 0.6 is 0 Å². The lowest BCUT2D eigenvalue weighted by molar-refractivity contribution is 0.00578. The zero-order valence-corrected chi connectivity index (χ0v) is 13.9. The first kappa shape index (κ1) is 15.5. The van der Waals surface area contributed by atoms with Crippen LogP contribution in [0.1, 0.15) is 33.3 Å². The lowest BCUT2D eigenvalue weighted by Gasteiger charge is -2.32. The number of aromatic nitrogens is 2. The number of rotatable bonds is 3. The summed E-state index contributed by atoms with van der Waals surface area (Å²) < 4.78 is 14.1. The lowest BCUT2D eigenvalue weighted by atomic mass is 9.75. The van der Waals surface area contributed by atoms with Gasteiger partial charge in [-0.15, -0.1) is 0 Å². The van der Waals surface area contributed by atoms with E-state index in [1.165, 1.54) is 0 Å². The molecule has 6 heteroatoms. The largest absolute Gasteiger partial charge is 0.495 e. The van der Waals surface area contributed by atoms with E-state index in [1.54, 1.807) is 0 Å². The van der Waals surface area contributed by atoms with Crippen LogP contribution in [0.2, 0.25) is 0 Å². The first-order valence-corrected chi connectivity index (χ1v) is 7.68. The topological polar surface area (TPSA) is 56.5 Å². The van der Waals surface area contributed by atoms with Gasteiger partial charge in [0.2, 0.25) is 0 Å². The Bertz CT molecular complexity index is 693. The van der Waals surface area contributed by atoms with E-state index in [-0.39, 0.29) is 24.9 Å². The van der Waals surface area contributed by atoms with E-state index in [4.69, 9.17) is 14.4 Å². The van der Waals surface area contributed by atoms with Crippen LogP contribution in [0.15, 0.2) is 18.3 Å². The minimum atomic E-state index is -0.365. The molecule has 0 bridgehead atoms. The lowest BCUT2D eigenvalue weighted by Crippen LogP contribution is -2.41. The Morgan fingerprint density at radius 3 is 2.41 bits per heavy atom. The standard InChI is InChI=1S/C16H23BN2O3/c1-11-12-10-18-19(8-9-20)14(12)7-6-13(11)17-21-15(2,3)16(4,5)22-17/h6-7,10,20H,8-9H2,1-5H3. The van der Waals surface area contributed by atoms with Crippen molar-refractivity contribution in [3.8, 4) is 0 Å². The molecule has 0 spiro atoms. The fourth-order valence-electron chi connectivity index (χ4n) is 2.81. The molecule has 0 aliphatic carbocycles. The van der Waals surface area contributed by atoms with Gasteiger partial charge in [-0.2, -0.15) is 5.10 Å². The summed E-state index contributed by atoms with van der Waals surface area (Å²) in [6.07, 6.45) is 1.84. The number of hydrogen-bond acceptors (Lipinski definition) is 4. The van der Waals surface area contributed by atoms with E-state index in [0.717, 1.165) is 21.9 Å². The number of aliphatic hydroxyl groups is 1. The molecule has 0 saturated carbocycles. The molecule has 1 saturated heterocycles. The van der Waals surface area contributed by atoms with E-state index in [1.807, 2.05) is 23.0 Å². The van der Waals surface area contributed by atoms with Crippen molar-refractivity contribution in [1.82, 2.24) is 9.78 Å². The van der Waals surface area contributed by atoms with Crippen LogP contribution in [0.25, 0.3) is 10.9 Å². The molecular formula is C16H23BN2O3. The summed E-state index contributed by atoms with van der Waals surface area (Å²) in [5.74, 6) is 0. The maximum atomic E-state index is 9.11. The zero-order valence-electron chi connectivity index (χ0n) is 13.9. The van der Waals surface area contributed by atoms with E-state index in [9.17, 15) is 0 Å². The summed E-state index contributed by atoms with van der Waals surface area (Å²) in [4.78, 5) is 0. The number of fused-ring (bicyclic) bond motifs is 1. The average Bonchev–Trinajstić information content (AvgIpc) is 2.91. The molecule has 0 radical (unpaired) electrons. The van der Waals surface area contributed by atoms with Crippen molar-refractivity contribution < 1.29 is 14.4 Å². The van der Waals surface area contributed by atoms with E-state index in [2.05, 4.69) is 39.7 Å². The van der Waals surface area contributed by atoms with Crippen molar-refractivity contribution in [1.29, 1.82) is 0 Å². The molecule has 0 unspecified atom stereocenters. The van der Waals surface area contributed by atoms with Crippen LogP contribution < -0.4 is 5.46 Å². The Morgan fingerprint density at radius 2 is 1.82 bits per heavy atom. The van der Waals surface area contributed by atoms with Crippen LogP contribution in [-0.2, 0) is 15.9 Å². The molecule has 2 heterocycles. The number of hydrogen-bond donors (Lipinski definition) is 1. The predicted octanol–water partition coefficient (Wildman–Crippen LogP) is 1.64. The van der Waals surface area contributed by atoms with Gasteiger partial charge in [0.1, 0.15) is 0 Å². The number of benzene rings is 1. The van der Waals surface area contributed by atoms with Gasteiger partial charge in [-0.1, -0.05) is 6.07 Å². The summed E-state index contributed by atoms with van der Waals surface area (Å²) in [5.41, 5.74) is 2.47. The highest BCUT2D eigenvalue weighted by Crippen LogP contribution is 2.37. The quantitative estimate of drug-likeness (QED) is 0.876. The Balaban J connectivity index is 2.01. The van der Waals surface area contributed by atoms with Gasteiger partial charge in [0.15, 0.2) is 0 Å². The highest BCUT2D eigenvalue weighted by atomic mass is 16.7. The summed E-state index contributed by atoms with van der Waals surface area (Å²) in [7, 11) is -0.365. The number of aryl methyl sites for hydroxylation is 1. The van der Waals surface area contributed by atoms with Gasteiger partial charge >= 0.3 is 7.12 Å². The molecule has 1 fully saturated rings. The summed E-state index contributed by atoms with van der Waals surface area (Å²) in [6.45, 7) is 10.9. The van der Waals surface area contributed by atoms with E-state index < -0.39 is 0 Å². The molecule has 1 N–H and O–H groups in total. The monoisotopic (exact) mass is 302 g/mol. The van der Waals surface area contributed by atoms with Crippen molar-refractivity contribution in [3.05, 3.63) is 23.9 Å². The third-order valence-electron chi connectivity index (χ3n) is 4.96. The van der Waals surface area contributed by atoms with Crippen LogP contribution in [0.5, 0.6) is 0 Å². The van der Waals surface area contributed by atoms with Crippen molar-refractivity contribution in [3.63, 3.8) is 0 Å². The van der Waals surface area contributed by atoms with Gasteiger partial charge in [0.25, 0.3) is 0 Å². The zero-order chi connectivity index (χ0) is 16.1. The second-order valence-electron chi connectivity index (χ2n) is 6.89. The first-order chi connectivity index (χ1) is 10.3. The Labute approximate surface area is 131 Å². The van der Waals surface area contributed by atoms with Crippen molar-refractivity contribution in [2.75, 3.05) is 6.61 Å². The number of nitrogens with zero attached hydrogens (tertiary/aromatic N) is 2. The molecule has 1 aromatic heterocycles. The minimum absolute atomic E-state index is 0.0782. The molecule has 0 amide bonds. The van der Waals surface area contributed by atoms with Gasteiger partial charge in [0.05, 0.1) is 36.1 Å². The molecule has 3 rings (SSSR count). The summed E-state index contributed by atoms with van der Waals surface area (Å²) >= 11 is 0. The fraction of sp³-hybridized carbons (Fsp3) is 0.562. The van der Waals surface area contributed by atoms with Crippen LogP contribution in [0.4, 0.5) is 0 Å². The van der Waals surface area contributed by atoms with Crippen LogP contribution in [0.3, 0.4) is 0 Å². The Morgan fingerprint density at radius 1 is 1.18 bits per heavy atom. The van der Waals surface area contributed by atoms with Crippen LogP contribution in [0, 0.1) is 6.92 Å². The SMILES string of the molecule is Cc1c(B2OC(C)(C)C(C)(C)O2)ccc2c1cnn2CCO. The molecule has 1 aliphatic heterocycles. The van der Waals surface area contributed by atoms with Gasteiger partial charge in [0, 0.05) is 5.39 Å². The fourth-order valence-corrected chi connectivity index (χ4v) is 2.81. The van der Waals surface area contributed by atoms with Crippen molar-refractivity contribution in [2.24, 2.45) is 0 Å². The van der Waals surface area contributed by atoms with E-state index in [0.29, 0.717) is 6.54 Å². The third kappa shape index (κ3) is 2.26. The maximum absolute atomic E-state index is 9.11. The van der Waals surface area contributed by atoms with Crippen molar-refractivity contribution >= 4 is 23.5 Å². The highest BCUT2D eigenvalue weighted by molar-refractivity contribution is 6.63. The second kappa shape index (κ2) is 5.08. The summed E-state index contributed by atoms with van der Waals surface area (Å²) in [6, 6.07) is 4.06. The van der Waals surface area contributed by atoms with Gasteiger partial charge < -0.3 is 14.4 Å². The molecule has 0 atom stereocenters. The van der Waals surface area contributed by atoms with Gasteiger partial charge in [-0.25, -0.2) is 0 Å². The van der Waals surface area contributed by atoms with Gasteiger partial charge in [-0.3, -0.25) is 4.68 Å². The normalized spacial score (nSPS) is 20.0. The molecule has 22 heavy (non-hydrogen) atoms. The maximum Gasteiger partial charge on any atom is 0.495 e. The predicted molar refractivity (Wildman–Crippen MR) is 87.3 cm³/mol. The average molecular weight is 302 g/mol. The molecule has 2 aromatic rings. The van der Waals surface area contributed by atoms with E-state index >= 15 is 0 Å². The molecule has 118 valence electrons. The third-order valence-corrected chi connectivity index (χ3v) is 4.96. The number of aliphatic hydroxyl groups excluding tert-OH is 1. The molecule has 1 aromatic carbocycles. The molecular weight excluding hydrogens is 279 g/mol. The smallest absolute Gasteiger partial charge is 0.399 e. The van der Waals surface area contributed by atoms with Gasteiger partial charge in [-0.05, 0) is 51.7 Å². The molecule has 5 nitrogen and oxygen atoms in total. The Hall–Kier alpha value is -1.37. The first-order valence-electron chi connectivity index (χ1n) is 7.68. The Kier molecular flexibility index (Phi) is 3.59. The minimum Gasteiger partial charge on any atom is -0.399 e.